The highest BCUT2D eigenvalue weighted by Crippen LogP contribution is 2.24. The lowest BCUT2D eigenvalue weighted by molar-refractivity contribution is 0.405. The molecule has 0 bridgehead atoms. The van der Waals surface area contributed by atoms with Gasteiger partial charge < -0.3 is 16.2 Å². The molecule has 10 heteroatoms. The highest BCUT2D eigenvalue weighted by Gasteiger charge is 2.16. The van der Waals surface area contributed by atoms with Crippen LogP contribution >= 0.6 is 15.9 Å². The van der Waals surface area contributed by atoms with Crippen LogP contribution in [-0.4, -0.2) is 53.7 Å². The molecule has 33 heavy (non-hydrogen) atoms. The van der Waals surface area contributed by atoms with Gasteiger partial charge in [0.1, 0.15) is 5.75 Å². The van der Waals surface area contributed by atoms with E-state index in [1.165, 1.54) is 10.6 Å². The van der Waals surface area contributed by atoms with Crippen molar-refractivity contribution in [1.82, 2.24) is 14.3 Å². The molecule has 0 spiro atoms. The van der Waals surface area contributed by atoms with Crippen LogP contribution in [0.3, 0.4) is 0 Å². The number of anilines is 1. The maximum absolute atomic E-state index is 12.1. The van der Waals surface area contributed by atoms with Crippen LogP contribution < -0.4 is 11.1 Å². The van der Waals surface area contributed by atoms with Crippen LogP contribution in [0.4, 0.5) is 5.95 Å². The maximum Gasteiger partial charge on any atom is 0.223 e. The van der Waals surface area contributed by atoms with Crippen LogP contribution in [0.2, 0.25) is 0 Å². The fraction of sp³-hybridized carbons (Fsp3) is 0.304. The number of halogens is 1. The molecule has 3 aromatic rings. The van der Waals surface area contributed by atoms with Crippen molar-refractivity contribution in [3.63, 3.8) is 0 Å². The molecule has 0 fully saturated rings. The van der Waals surface area contributed by atoms with E-state index in [1.54, 1.807) is 12.3 Å². The first kappa shape index (κ1) is 25.1. The van der Waals surface area contributed by atoms with Crippen molar-refractivity contribution in [2.75, 3.05) is 31.2 Å². The Hall–Kier alpha value is -2.53. The molecule has 1 aromatic heterocycles. The van der Waals surface area contributed by atoms with Gasteiger partial charge in [0.15, 0.2) is 0 Å². The van der Waals surface area contributed by atoms with Crippen LogP contribution in [0.25, 0.3) is 11.3 Å². The van der Waals surface area contributed by atoms with Crippen molar-refractivity contribution in [3.05, 3.63) is 70.3 Å². The molecule has 0 saturated heterocycles. The number of aromatic nitrogens is 2. The number of benzene rings is 2. The van der Waals surface area contributed by atoms with Crippen molar-refractivity contribution in [3.8, 4) is 17.0 Å². The smallest absolute Gasteiger partial charge is 0.223 e. The lowest BCUT2D eigenvalue weighted by Gasteiger charge is -2.20. The number of phenolic OH excluding ortho intramolecular Hbond substituents is 1. The molecule has 176 valence electrons. The number of sulfonamides is 1. The average molecular weight is 534 g/mol. The molecule has 0 aliphatic heterocycles. The average Bonchev–Trinajstić information content (AvgIpc) is 2.79. The molecule has 4 N–H and O–H groups in total. The topological polar surface area (TPSA) is 121 Å². The zero-order valence-electron chi connectivity index (χ0n) is 18.4. The lowest BCUT2D eigenvalue weighted by atomic mass is 10.1. The molecule has 8 nitrogen and oxygen atoms in total. The van der Waals surface area contributed by atoms with Crippen molar-refractivity contribution in [1.29, 1.82) is 0 Å². The molecule has 0 amide bonds. The number of nitrogens with two attached hydrogens (primary N) is 1. The molecule has 0 unspecified atom stereocenters. The number of hydrogen-bond donors (Lipinski definition) is 3. The normalized spacial score (nSPS) is 11.6. The minimum absolute atomic E-state index is 0.212. The molecule has 0 aliphatic rings. The largest absolute Gasteiger partial charge is 0.507 e. The zero-order chi connectivity index (χ0) is 23.8. The Bertz CT molecular complexity index is 1190. The Morgan fingerprint density at radius 2 is 1.97 bits per heavy atom. The molecular weight excluding hydrogens is 506 g/mol. The molecule has 1 heterocycles. The van der Waals surface area contributed by atoms with Crippen molar-refractivity contribution >= 4 is 31.9 Å². The summed E-state index contributed by atoms with van der Waals surface area (Å²) in [5.41, 5.74) is 9.13. The molecular formula is C23H28BrN5O3S. The summed E-state index contributed by atoms with van der Waals surface area (Å²) in [6, 6.07) is 14.9. The van der Waals surface area contributed by atoms with E-state index in [1.807, 2.05) is 42.5 Å². The predicted molar refractivity (Wildman–Crippen MR) is 134 cm³/mol. The summed E-state index contributed by atoms with van der Waals surface area (Å²) < 4.78 is 26.3. The van der Waals surface area contributed by atoms with Gasteiger partial charge in [-0.15, -0.1) is 0 Å². The van der Waals surface area contributed by atoms with E-state index in [-0.39, 0.29) is 12.3 Å². The first-order chi connectivity index (χ1) is 15.8. The Labute approximate surface area is 203 Å². The van der Waals surface area contributed by atoms with E-state index in [4.69, 9.17) is 5.73 Å². The summed E-state index contributed by atoms with van der Waals surface area (Å²) in [6.45, 7) is 1.74. The number of rotatable bonds is 11. The number of nitrogens with zero attached hydrogens (tertiary/aromatic N) is 3. The Morgan fingerprint density at radius 3 is 2.70 bits per heavy atom. The quantitative estimate of drug-likeness (QED) is 0.345. The summed E-state index contributed by atoms with van der Waals surface area (Å²) in [5.74, 6) is 0.723. The van der Waals surface area contributed by atoms with Crippen LogP contribution in [0.5, 0.6) is 5.75 Å². The Morgan fingerprint density at radius 1 is 1.15 bits per heavy atom. The molecule has 0 aliphatic carbocycles. The van der Waals surface area contributed by atoms with Gasteiger partial charge in [0, 0.05) is 31.4 Å². The first-order valence-corrected chi connectivity index (χ1v) is 13.2. The van der Waals surface area contributed by atoms with Gasteiger partial charge in [-0.1, -0.05) is 24.3 Å². The maximum atomic E-state index is 12.1. The zero-order valence-corrected chi connectivity index (χ0v) is 20.8. The SMILES string of the molecule is CS(=O)(=O)N(CCCN)Cc1cccc(-c2ccnc(NCCc3ccc(O)c(Br)c3)n2)c1. The summed E-state index contributed by atoms with van der Waals surface area (Å²) in [4.78, 5) is 8.90. The predicted octanol–water partition coefficient (Wildman–Crippen LogP) is 3.38. The minimum Gasteiger partial charge on any atom is -0.507 e. The van der Waals surface area contributed by atoms with E-state index in [2.05, 4.69) is 31.2 Å². The fourth-order valence-corrected chi connectivity index (χ4v) is 4.56. The van der Waals surface area contributed by atoms with Crippen molar-refractivity contribution in [2.45, 2.75) is 19.4 Å². The summed E-state index contributed by atoms with van der Waals surface area (Å²) in [7, 11) is -3.33. The second-order valence-electron chi connectivity index (χ2n) is 7.67. The summed E-state index contributed by atoms with van der Waals surface area (Å²) >= 11 is 3.32. The first-order valence-electron chi connectivity index (χ1n) is 10.5. The van der Waals surface area contributed by atoms with Gasteiger partial charge in [-0.05, 0) is 70.7 Å². The fourth-order valence-electron chi connectivity index (χ4n) is 3.29. The number of aromatic hydroxyl groups is 1. The highest BCUT2D eigenvalue weighted by molar-refractivity contribution is 9.10. The van der Waals surface area contributed by atoms with Crippen LogP contribution in [0.15, 0.2) is 59.2 Å². The van der Waals surface area contributed by atoms with Crippen LogP contribution in [0.1, 0.15) is 17.5 Å². The van der Waals surface area contributed by atoms with E-state index >= 15 is 0 Å². The molecule has 2 aromatic carbocycles. The standard InChI is InChI=1S/C23H28BrN5O3S/c1-33(31,32)29(13-3-10-25)16-18-4-2-5-19(14-18)21-9-12-27-23(28-21)26-11-8-17-6-7-22(30)20(24)15-17/h2,4-7,9,12,14-15,30H,3,8,10-11,13,16,25H2,1H3,(H,26,27,28). The molecule has 0 radical (unpaired) electrons. The van der Waals surface area contributed by atoms with Gasteiger partial charge in [-0.3, -0.25) is 0 Å². The summed E-state index contributed by atoms with van der Waals surface area (Å²) in [5, 5.41) is 12.8. The van der Waals surface area contributed by atoms with E-state index in [9.17, 15) is 13.5 Å². The van der Waals surface area contributed by atoms with E-state index in [0.717, 1.165) is 28.8 Å². The summed E-state index contributed by atoms with van der Waals surface area (Å²) in [6.07, 6.45) is 4.26. The molecule has 0 atom stereocenters. The third kappa shape index (κ3) is 7.50. The number of phenols is 1. The van der Waals surface area contributed by atoms with Crippen LogP contribution in [-0.2, 0) is 23.0 Å². The van der Waals surface area contributed by atoms with Gasteiger partial charge in [0.2, 0.25) is 16.0 Å². The van der Waals surface area contributed by atoms with Crippen molar-refractivity contribution < 1.29 is 13.5 Å². The Kier molecular flexibility index (Phi) is 8.79. The third-order valence-corrected chi connectivity index (χ3v) is 6.91. The molecule has 3 rings (SSSR count). The van der Waals surface area contributed by atoms with Crippen molar-refractivity contribution in [2.24, 2.45) is 5.73 Å². The second kappa shape index (κ2) is 11.6. The van der Waals surface area contributed by atoms with Gasteiger partial charge in [-0.2, -0.15) is 4.31 Å². The van der Waals surface area contributed by atoms with Gasteiger partial charge in [0.05, 0.1) is 16.4 Å². The highest BCUT2D eigenvalue weighted by atomic mass is 79.9. The van der Waals surface area contributed by atoms with Crippen LogP contribution in [0, 0.1) is 0 Å². The van der Waals surface area contributed by atoms with Gasteiger partial charge in [-0.25, -0.2) is 18.4 Å². The number of hydrogen-bond acceptors (Lipinski definition) is 7. The number of nitrogens with one attached hydrogen (secondary N) is 1. The lowest BCUT2D eigenvalue weighted by Crippen LogP contribution is -2.31. The molecule has 0 saturated carbocycles. The van der Waals surface area contributed by atoms with E-state index in [0.29, 0.717) is 36.5 Å². The van der Waals surface area contributed by atoms with Gasteiger partial charge >= 0.3 is 0 Å². The minimum atomic E-state index is -3.33. The van der Waals surface area contributed by atoms with E-state index < -0.39 is 10.0 Å². The monoisotopic (exact) mass is 533 g/mol. The van der Waals surface area contributed by atoms with Gasteiger partial charge in [0.25, 0.3) is 0 Å². The Balaban J connectivity index is 1.68. The second-order valence-corrected chi connectivity index (χ2v) is 10.5. The third-order valence-electron chi connectivity index (χ3n) is 5.03.